The van der Waals surface area contributed by atoms with Crippen molar-refractivity contribution in [1.29, 1.82) is 5.26 Å². The molecule has 2 N–H and O–H groups in total. The van der Waals surface area contributed by atoms with E-state index in [2.05, 4.69) is 26.8 Å². The summed E-state index contributed by atoms with van der Waals surface area (Å²) in [6.45, 7) is 7.22. The fourth-order valence-electron chi connectivity index (χ4n) is 8.46. The molecule has 146 valence electrons. The molecule has 4 aliphatic carbocycles. The topological polar surface area (TPSA) is 64.2 Å². The van der Waals surface area contributed by atoms with Crippen LogP contribution in [0.5, 0.6) is 0 Å². The zero-order valence-electron chi connectivity index (χ0n) is 16.8. The molecule has 0 bridgehead atoms. The summed E-state index contributed by atoms with van der Waals surface area (Å²) in [5.74, 6) is 3.27. The number of aliphatic hydroxyl groups excluding tert-OH is 2. The minimum absolute atomic E-state index is 0.159. The highest BCUT2D eigenvalue weighted by Crippen LogP contribution is 2.68. The maximum Gasteiger partial charge on any atom is 0.0624 e. The van der Waals surface area contributed by atoms with Gasteiger partial charge in [-0.2, -0.15) is 5.26 Å². The number of nitrogens with zero attached hydrogens (tertiary/aromatic N) is 1. The molecule has 4 saturated carbocycles. The second kappa shape index (κ2) is 6.49. The summed E-state index contributed by atoms with van der Waals surface area (Å²) in [4.78, 5) is 0. The molecule has 26 heavy (non-hydrogen) atoms. The summed E-state index contributed by atoms with van der Waals surface area (Å²) in [6, 6.07) is 2.40. The summed E-state index contributed by atoms with van der Waals surface area (Å²) in [5, 5.41) is 30.6. The van der Waals surface area contributed by atoms with Crippen LogP contribution in [0.1, 0.15) is 78.6 Å². The van der Waals surface area contributed by atoms with Crippen LogP contribution >= 0.6 is 0 Å². The lowest BCUT2D eigenvalue weighted by Gasteiger charge is -2.62. The zero-order valence-corrected chi connectivity index (χ0v) is 16.8. The number of aliphatic hydroxyl groups is 2. The average molecular weight is 360 g/mol. The Labute approximate surface area is 159 Å². The molecule has 0 aromatic rings. The van der Waals surface area contributed by atoms with Gasteiger partial charge in [-0.3, -0.25) is 0 Å². The van der Waals surface area contributed by atoms with E-state index in [1.807, 2.05) is 0 Å². The monoisotopic (exact) mass is 359 g/mol. The molecular weight excluding hydrogens is 322 g/mol. The average Bonchev–Trinajstić information content (AvgIpc) is 2.94. The van der Waals surface area contributed by atoms with E-state index >= 15 is 0 Å². The van der Waals surface area contributed by atoms with Crippen molar-refractivity contribution in [3.63, 3.8) is 0 Å². The number of nitriles is 1. The maximum atomic E-state index is 11.2. The zero-order chi connectivity index (χ0) is 18.7. The summed E-state index contributed by atoms with van der Waals surface area (Å²) >= 11 is 0. The van der Waals surface area contributed by atoms with Crippen molar-refractivity contribution in [3.8, 4) is 6.07 Å². The molecule has 0 radical (unpaired) electrons. The number of hydrogen-bond acceptors (Lipinski definition) is 3. The quantitative estimate of drug-likeness (QED) is 0.761. The van der Waals surface area contributed by atoms with Crippen molar-refractivity contribution in [1.82, 2.24) is 0 Å². The van der Waals surface area contributed by atoms with Crippen molar-refractivity contribution in [2.45, 2.75) is 90.8 Å². The highest BCUT2D eigenvalue weighted by molar-refractivity contribution is 5.12. The van der Waals surface area contributed by atoms with E-state index in [4.69, 9.17) is 0 Å². The molecular formula is C23H37NO2. The Kier molecular flexibility index (Phi) is 4.68. The van der Waals surface area contributed by atoms with Crippen molar-refractivity contribution in [2.75, 3.05) is 0 Å². The summed E-state index contributed by atoms with van der Waals surface area (Å²) in [5.41, 5.74) is 0.608. The minimum atomic E-state index is -0.196. The second-order valence-corrected chi connectivity index (χ2v) is 10.8. The molecule has 0 amide bonds. The van der Waals surface area contributed by atoms with Crippen molar-refractivity contribution >= 4 is 0 Å². The first-order valence-electron chi connectivity index (χ1n) is 11.0. The molecule has 4 rings (SSSR count). The van der Waals surface area contributed by atoms with E-state index in [0.717, 1.165) is 25.7 Å². The normalized spacial score (nSPS) is 54.5. The SMILES string of the molecule is CC(CC#N)[C@H]1CCC2[C@H]3C(CC[C@@]21C)[C@@]1(C)CCC(O)C[C@H]1C[C@@H]3O. The van der Waals surface area contributed by atoms with E-state index in [0.29, 0.717) is 52.8 Å². The van der Waals surface area contributed by atoms with Crippen LogP contribution in [0.2, 0.25) is 0 Å². The van der Waals surface area contributed by atoms with Gasteiger partial charge in [0, 0.05) is 6.42 Å². The number of rotatable bonds is 2. The Morgan fingerprint density at radius 1 is 1.00 bits per heavy atom. The first kappa shape index (κ1) is 18.8. The Morgan fingerprint density at radius 2 is 1.69 bits per heavy atom. The van der Waals surface area contributed by atoms with Crippen LogP contribution < -0.4 is 0 Å². The van der Waals surface area contributed by atoms with Crippen LogP contribution in [0.4, 0.5) is 0 Å². The van der Waals surface area contributed by atoms with Crippen molar-refractivity contribution < 1.29 is 10.2 Å². The van der Waals surface area contributed by atoms with E-state index in [1.165, 1.54) is 25.7 Å². The third-order valence-electron chi connectivity index (χ3n) is 9.83. The second-order valence-electron chi connectivity index (χ2n) is 10.8. The molecule has 0 saturated heterocycles. The molecule has 0 aromatic carbocycles. The van der Waals surface area contributed by atoms with Crippen molar-refractivity contribution in [3.05, 3.63) is 0 Å². The largest absolute Gasteiger partial charge is 0.393 e. The van der Waals surface area contributed by atoms with E-state index in [-0.39, 0.29) is 12.2 Å². The van der Waals surface area contributed by atoms with Crippen LogP contribution in [-0.2, 0) is 0 Å². The van der Waals surface area contributed by atoms with Gasteiger partial charge < -0.3 is 10.2 Å². The van der Waals surface area contributed by atoms with Gasteiger partial charge in [0.15, 0.2) is 0 Å². The van der Waals surface area contributed by atoms with Crippen LogP contribution in [0, 0.1) is 57.7 Å². The van der Waals surface area contributed by atoms with Gasteiger partial charge in [0.2, 0.25) is 0 Å². The van der Waals surface area contributed by atoms with Crippen LogP contribution in [0.25, 0.3) is 0 Å². The third-order valence-corrected chi connectivity index (χ3v) is 9.83. The highest BCUT2D eigenvalue weighted by atomic mass is 16.3. The third kappa shape index (κ3) is 2.59. The van der Waals surface area contributed by atoms with Crippen molar-refractivity contribution in [2.24, 2.45) is 46.3 Å². The Hall–Kier alpha value is -0.590. The smallest absolute Gasteiger partial charge is 0.0624 e. The lowest BCUT2D eigenvalue weighted by molar-refractivity contribution is -0.174. The number of fused-ring (bicyclic) bond motifs is 5. The van der Waals surface area contributed by atoms with E-state index in [9.17, 15) is 15.5 Å². The molecule has 0 aliphatic heterocycles. The van der Waals surface area contributed by atoms with Crippen LogP contribution in [0.3, 0.4) is 0 Å². The standard InChI is InChI=1S/C23H37NO2/c1-14(8-11-24)17-4-5-18-21-19(7-10-23(17,18)3)22(2)9-6-16(25)12-15(22)13-20(21)26/h14-21,25-26H,4-10,12-13H2,1-3H3/t14?,15-,16?,17+,18?,19?,20-,21-,22-,23+/m0/s1. The van der Waals surface area contributed by atoms with Crippen LogP contribution in [-0.4, -0.2) is 22.4 Å². The van der Waals surface area contributed by atoms with Gasteiger partial charge in [-0.15, -0.1) is 0 Å². The maximum absolute atomic E-state index is 11.2. The fraction of sp³-hybridized carbons (Fsp3) is 0.957. The summed E-state index contributed by atoms with van der Waals surface area (Å²) in [6.07, 6.45) is 9.12. The van der Waals surface area contributed by atoms with Gasteiger partial charge in [-0.25, -0.2) is 0 Å². The first-order chi connectivity index (χ1) is 12.3. The predicted molar refractivity (Wildman–Crippen MR) is 102 cm³/mol. The lowest BCUT2D eigenvalue weighted by Crippen LogP contribution is -2.58. The Morgan fingerprint density at radius 3 is 2.42 bits per heavy atom. The molecule has 4 unspecified atom stereocenters. The lowest BCUT2D eigenvalue weighted by atomic mass is 9.43. The highest BCUT2D eigenvalue weighted by Gasteiger charge is 2.62. The molecule has 0 heterocycles. The molecule has 4 aliphatic rings. The van der Waals surface area contributed by atoms with Gasteiger partial charge in [-0.05, 0) is 97.7 Å². The molecule has 3 nitrogen and oxygen atoms in total. The fourth-order valence-corrected chi connectivity index (χ4v) is 8.46. The first-order valence-corrected chi connectivity index (χ1v) is 11.0. The van der Waals surface area contributed by atoms with Gasteiger partial charge in [-0.1, -0.05) is 20.8 Å². The van der Waals surface area contributed by atoms with Gasteiger partial charge in [0.05, 0.1) is 18.3 Å². The van der Waals surface area contributed by atoms with Gasteiger partial charge in [0.25, 0.3) is 0 Å². The molecule has 3 heteroatoms. The van der Waals surface area contributed by atoms with Crippen LogP contribution in [0.15, 0.2) is 0 Å². The van der Waals surface area contributed by atoms with E-state index < -0.39 is 0 Å². The molecule has 0 spiro atoms. The van der Waals surface area contributed by atoms with E-state index in [1.54, 1.807) is 0 Å². The molecule has 10 atom stereocenters. The van der Waals surface area contributed by atoms with Gasteiger partial charge in [0.1, 0.15) is 0 Å². The predicted octanol–water partition coefficient (Wildman–Crippen LogP) is 4.53. The number of hydrogen-bond donors (Lipinski definition) is 2. The summed E-state index contributed by atoms with van der Waals surface area (Å²) < 4.78 is 0. The molecule has 4 fully saturated rings. The Balaban J connectivity index is 1.62. The van der Waals surface area contributed by atoms with Gasteiger partial charge >= 0.3 is 0 Å². The summed E-state index contributed by atoms with van der Waals surface area (Å²) in [7, 11) is 0. The molecule has 0 aromatic heterocycles. The Bertz CT molecular complexity index is 585. The minimum Gasteiger partial charge on any atom is -0.393 e.